The predicted octanol–water partition coefficient (Wildman–Crippen LogP) is 2.68. The molecular formula is C16H19N5. The van der Waals surface area contributed by atoms with E-state index in [0.29, 0.717) is 11.5 Å². The summed E-state index contributed by atoms with van der Waals surface area (Å²) in [5.41, 5.74) is 4.68. The standard InChI is InChI=1S/C16H19N5/c1-11-8-16(14(9-17)12(2)19-11)21-7-3-4-13(10-21)15-5-6-18-20-15/h5-6,8,13H,3-4,7,10H2,1-2H3,(H,18,20). The Morgan fingerprint density at radius 2 is 2.29 bits per heavy atom. The van der Waals surface area contributed by atoms with Crippen LogP contribution < -0.4 is 4.90 Å². The molecule has 3 rings (SSSR count). The normalized spacial score (nSPS) is 18.5. The molecule has 1 fully saturated rings. The molecule has 2 aromatic rings. The first-order valence-corrected chi connectivity index (χ1v) is 7.31. The van der Waals surface area contributed by atoms with Crippen molar-refractivity contribution in [3.05, 3.63) is 41.0 Å². The van der Waals surface area contributed by atoms with Crippen LogP contribution in [0.3, 0.4) is 0 Å². The van der Waals surface area contributed by atoms with Crippen molar-refractivity contribution in [2.45, 2.75) is 32.6 Å². The first-order chi connectivity index (χ1) is 10.2. The van der Waals surface area contributed by atoms with E-state index in [2.05, 4.69) is 26.2 Å². The fourth-order valence-electron chi connectivity index (χ4n) is 3.14. The first-order valence-electron chi connectivity index (χ1n) is 7.31. The summed E-state index contributed by atoms with van der Waals surface area (Å²) < 4.78 is 0. The Morgan fingerprint density at radius 1 is 1.43 bits per heavy atom. The summed E-state index contributed by atoms with van der Waals surface area (Å²) in [5.74, 6) is 0.446. The third kappa shape index (κ3) is 2.62. The summed E-state index contributed by atoms with van der Waals surface area (Å²) in [6, 6.07) is 6.39. The largest absolute Gasteiger partial charge is 0.370 e. The average Bonchev–Trinajstić information content (AvgIpc) is 3.01. The quantitative estimate of drug-likeness (QED) is 0.919. The number of aromatic nitrogens is 3. The van der Waals surface area contributed by atoms with Crippen molar-refractivity contribution in [3.63, 3.8) is 0 Å². The summed E-state index contributed by atoms with van der Waals surface area (Å²) in [7, 11) is 0. The second kappa shape index (κ2) is 5.57. The fourth-order valence-corrected chi connectivity index (χ4v) is 3.14. The minimum absolute atomic E-state index is 0.446. The van der Waals surface area contributed by atoms with Crippen LogP contribution in [0.5, 0.6) is 0 Å². The molecule has 108 valence electrons. The lowest BCUT2D eigenvalue weighted by molar-refractivity contribution is 0.500. The Morgan fingerprint density at radius 3 is 3.00 bits per heavy atom. The zero-order valence-corrected chi connectivity index (χ0v) is 12.4. The van der Waals surface area contributed by atoms with E-state index in [1.165, 1.54) is 5.69 Å². The van der Waals surface area contributed by atoms with E-state index in [4.69, 9.17) is 0 Å². The van der Waals surface area contributed by atoms with Gasteiger partial charge in [-0.15, -0.1) is 0 Å². The lowest BCUT2D eigenvalue weighted by atomic mass is 9.94. The lowest BCUT2D eigenvalue weighted by Crippen LogP contribution is -2.35. The number of H-pyrrole nitrogens is 1. The van der Waals surface area contributed by atoms with Gasteiger partial charge >= 0.3 is 0 Å². The van der Waals surface area contributed by atoms with Crippen LogP contribution >= 0.6 is 0 Å². The van der Waals surface area contributed by atoms with Gasteiger partial charge in [0.15, 0.2) is 0 Å². The molecule has 0 amide bonds. The molecule has 1 aliphatic rings. The number of piperidine rings is 1. The van der Waals surface area contributed by atoms with E-state index in [9.17, 15) is 5.26 Å². The zero-order valence-electron chi connectivity index (χ0n) is 12.4. The molecule has 21 heavy (non-hydrogen) atoms. The highest BCUT2D eigenvalue weighted by molar-refractivity contribution is 5.62. The molecular weight excluding hydrogens is 262 g/mol. The number of nitriles is 1. The molecule has 0 radical (unpaired) electrons. The highest BCUT2D eigenvalue weighted by atomic mass is 15.2. The summed E-state index contributed by atoms with van der Waals surface area (Å²) in [4.78, 5) is 6.72. The number of nitrogens with one attached hydrogen (secondary N) is 1. The van der Waals surface area contributed by atoms with E-state index in [1.54, 1.807) is 6.20 Å². The van der Waals surface area contributed by atoms with Gasteiger partial charge < -0.3 is 4.90 Å². The number of aryl methyl sites for hydroxylation is 2. The van der Waals surface area contributed by atoms with Crippen LogP contribution in [0.25, 0.3) is 0 Å². The van der Waals surface area contributed by atoms with Crippen LogP contribution in [0.2, 0.25) is 0 Å². The van der Waals surface area contributed by atoms with Crippen molar-refractivity contribution in [1.29, 1.82) is 5.26 Å². The summed E-state index contributed by atoms with van der Waals surface area (Å²) in [6.07, 6.45) is 4.08. The van der Waals surface area contributed by atoms with Crippen LogP contribution in [-0.2, 0) is 0 Å². The Hall–Kier alpha value is -2.35. The smallest absolute Gasteiger partial charge is 0.103 e. The molecule has 0 saturated carbocycles. The fraction of sp³-hybridized carbons (Fsp3) is 0.438. The highest BCUT2D eigenvalue weighted by Gasteiger charge is 2.24. The Kier molecular flexibility index (Phi) is 3.61. The molecule has 5 heteroatoms. The van der Waals surface area contributed by atoms with Gasteiger partial charge in [-0.3, -0.25) is 10.1 Å². The molecule has 1 atom stereocenters. The van der Waals surface area contributed by atoms with E-state index >= 15 is 0 Å². The molecule has 1 aliphatic heterocycles. The van der Waals surface area contributed by atoms with E-state index in [1.807, 2.05) is 26.0 Å². The summed E-state index contributed by atoms with van der Waals surface area (Å²) in [5, 5.41) is 16.6. The maximum absolute atomic E-state index is 9.44. The van der Waals surface area contributed by atoms with Crippen LogP contribution in [0.1, 0.15) is 41.4 Å². The molecule has 0 aliphatic carbocycles. The minimum Gasteiger partial charge on any atom is -0.370 e. The van der Waals surface area contributed by atoms with Gasteiger partial charge in [0, 0.05) is 36.6 Å². The number of hydrogen-bond donors (Lipinski definition) is 1. The number of rotatable bonds is 2. The predicted molar refractivity (Wildman–Crippen MR) is 81.2 cm³/mol. The number of nitrogens with zero attached hydrogens (tertiary/aromatic N) is 4. The minimum atomic E-state index is 0.446. The Balaban J connectivity index is 1.92. The van der Waals surface area contributed by atoms with Gasteiger partial charge in [0.25, 0.3) is 0 Å². The molecule has 0 spiro atoms. The third-order valence-corrected chi connectivity index (χ3v) is 4.14. The summed E-state index contributed by atoms with van der Waals surface area (Å²) >= 11 is 0. The summed E-state index contributed by atoms with van der Waals surface area (Å²) in [6.45, 7) is 5.79. The van der Waals surface area contributed by atoms with E-state index < -0.39 is 0 Å². The monoisotopic (exact) mass is 281 g/mol. The van der Waals surface area contributed by atoms with Gasteiger partial charge in [-0.1, -0.05) is 0 Å². The molecule has 0 bridgehead atoms. The molecule has 0 aromatic carbocycles. The van der Waals surface area contributed by atoms with Gasteiger partial charge in [0.2, 0.25) is 0 Å². The number of hydrogen-bond acceptors (Lipinski definition) is 4. The van der Waals surface area contributed by atoms with Gasteiger partial charge in [0.1, 0.15) is 6.07 Å². The van der Waals surface area contributed by atoms with Crippen LogP contribution in [-0.4, -0.2) is 28.3 Å². The lowest BCUT2D eigenvalue weighted by Gasteiger charge is -2.34. The van der Waals surface area contributed by atoms with E-state index in [-0.39, 0.29) is 0 Å². The molecule has 2 aromatic heterocycles. The molecule has 1 N–H and O–H groups in total. The zero-order chi connectivity index (χ0) is 14.8. The second-order valence-electron chi connectivity index (χ2n) is 5.65. The molecule has 3 heterocycles. The Bertz CT molecular complexity index is 669. The maximum atomic E-state index is 9.44. The van der Waals surface area contributed by atoms with E-state index in [0.717, 1.165) is 43.0 Å². The Labute approximate surface area is 124 Å². The van der Waals surface area contributed by atoms with Gasteiger partial charge in [0.05, 0.1) is 16.9 Å². The number of aromatic amines is 1. The average molecular weight is 281 g/mol. The second-order valence-corrected chi connectivity index (χ2v) is 5.65. The van der Waals surface area contributed by atoms with Crippen molar-refractivity contribution in [1.82, 2.24) is 15.2 Å². The van der Waals surface area contributed by atoms with Crippen molar-refractivity contribution in [2.24, 2.45) is 0 Å². The van der Waals surface area contributed by atoms with Crippen molar-refractivity contribution in [2.75, 3.05) is 18.0 Å². The van der Waals surface area contributed by atoms with Crippen molar-refractivity contribution >= 4 is 5.69 Å². The van der Waals surface area contributed by atoms with Crippen LogP contribution in [0.4, 0.5) is 5.69 Å². The first kappa shape index (κ1) is 13.6. The molecule has 1 saturated heterocycles. The van der Waals surface area contributed by atoms with Crippen molar-refractivity contribution < 1.29 is 0 Å². The van der Waals surface area contributed by atoms with Crippen molar-refractivity contribution in [3.8, 4) is 6.07 Å². The molecule has 1 unspecified atom stereocenters. The number of pyridine rings is 1. The molecule has 5 nitrogen and oxygen atoms in total. The maximum Gasteiger partial charge on any atom is 0.103 e. The van der Waals surface area contributed by atoms with Crippen LogP contribution in [0.15, 0.2) is 18.3 Å². The SMILES string of the molecule is Cc1cc(N2CCCC(c3ccn[nH]3)C2)c(C#N)c(C)n1. The van der Waals surface area contributed by atoms with Gasteiger partial charge in [-0.05, 0) is 38.8 Å². The van der Waals surface area contributed by atoms with Gasteiger partial charge in [-0.25, -0.2) is 0 Å². The third-order valence-electron chi connectivity index (χ3n) is 4.14. The topological polar surface area (TPSA) is 68.6 Å². The van der Waals surface area contributed by atoms with Gasteiger partial charge in [-0.2, -0.15) is 10.4 Å². The highest BCUT2D eigenvalue weighted by Crippen LogP contribution is 2.31. The number of anilines is 1. The van der Waals surface area contributed by atoms with Crippen LogP contribution in [0, 0.1) is 25.2 Å².